The number of amides is 2. The number of hydrogen-bond acceptors (Lipinski definition) is 3. The van der Waals surface area contributed by atoms with Crippen molar-refractivity contribution in [2.45, 2.75) is 38.3 Å². The van der Waals surface area contributed by atoms with Crippen LogP contribution in [0.5, 0.6) is 0 Å². The van der Waals surface area contributed by atoms with Crippen LogP contribution in [0.15, 0.2) is 0 Å². The smallest absolute Gasteiger partial charge is 0.326 e. The normalized spacial score (nSPS) is 28.7. The highest BCUT2D eigenvalue weighted by Gasteiger charge is 2.37. The van der Waals surface area contributed by atoms with E-state index in [0.717, 1.165) is 25.9 Å². The maximum absolute atomic E-state index is 11.6. The molecule has 6 nitrogen and oxygen atoms in total. The van der Waals surface area contributed by atoms with E-state index in [-0.39, 0.29) is 12.0 Å². The van der Waals surface area contributed by atoms with E-state index in [0.29, 0.717) is 12.5 Å². The van der Waals surface area contributed by atoms with Crippen molar-refractivity contribution >= 4 is 12.0 Å². The molecule has 2 aliphatic rings. The third-order valence-electron chi connectivity index (χ3n) is 3.70. The summed E-state index contributed by atoms with van der Waals surface area (Å²) in [6.45, 7) is 3.25. The molecule has 2 rings (SSSR count). The second kappa shape index (κ2) is 5.56. The quantitative estimate of drug-likeness (QED) is 0.671. The summed E-state index contributed by atoms with van der Waals surface area (Å²) < 4.78 is 5.40. The summed E-state index contributed by atoms with van der Waals surface area (Å²) in [6, 6.07) is -1.14. The number of carboxylic acids is 1. The average molecular weight is 256 g/mol. The summed E-state index contributed by atoms with van der Waals surface area (Å²) in [7, 11) is 0. The second-order valence-electron chi connectivity index (χ2n) is 5.13. The number of carbonyl (C=O) groups is 2. The largest absolute Gasteiger partial charge is 0.480 e. The molecule has 1 saturated carbocycles. The van der Waals surface area contributed by atoms with Gasteiger partial charge >= 0.3 is 12.0 Å². The summed E-state index contributed by atoms with van der Waals surface area (Å²) in [5.41, 5.74) is 0. The van der Waals surface area contributed by atoms with Crippen molar-refractivity contribution < 1.29 is 19.4 Å². The van der Waals surface area contributed by atoms with Crippen LogP contribution in [0.4, 0.5) is 4.79 Å². The summed E-state index contributed by atoms with van der Waals surface area (Å²) in [4.78, 5) is 22.6. The molecule has 3 unspecified atom stereocenters. The van der Waals surface area contributed by atoms with E-state index in [1.165, 1.54) is 0 Å². The van der Waals surface area contributed by atoms with E-state index in [9.17, 15) is 9.59 Å². The molecule has 3 N–H and O–H groups in total. The fourth-order valence-corrected chi connectivity index (χ4v) is 2.27. The summed E-state index contributed by atoms with van der Waals surface area (Å²) >= 11 is 0. The predicted octanol–water partition coefficient (Wildman–Crippen LogP) is 0.574. The molecule has 2 fully saturated rings. The van der Waals surface area contributed by atoms with Crippen LogP contribution in [0.3, 0.4) is 0 Å². The fraction of sp³-hybridized carbons (Fsp3) is 0.833. The minimum absolute atomic E-state index is 0.0991. The second-order valence-corrected chi connectivity index (χ2v) is 5.13. The molecule has 0 aromatic heterocycles. The molecule has 0 bridgehead atoms. The van der Waals surface area contributed by atoms with Gasteiger partial charge in [-0.3, -0.25) is 0 Å². The molecule has 18 heavy (non-hydrogen) atoms. The number of carboxylic acid groups (broad SMARTS) is 1. The maximum atomic E-state index is 11.6. The number of nitrogens with one attached hydrogen (secondary N) is 2. The van der Waals surface area contributed by atoms with Crippen molar-refractivity contribution in [3.8, 4) is 0 Å². The molecule has 0 radical (unpaired) electrons. The third-order valence-corrected chi connectivity index (χ3v) is 3.70. The van der Waals surface area contributed by atoms with E-state index in [4.69, 9.17) is 9.84 Å². The van der Waals surface area contributed by atoms with Crippen LogP contribution < -0.4 is 10.6 Å². The first-order valence-electron chi connectivity index (χ1n) is 6.46. The Balaban J connectivity index is 1.72. The lowest BCUT2D eigenvalue weighted by atomic mass is 10.0. The van der Waals surface area contributed by atoms with E-state index in [1.54, 1.807) is 0 Å². The summed E-state index contributed by atoms with van der Waals surface area (Å²) in [5, 5.41) is 14.2. The number of rotatable bonds is 5. The van der Waals surface area contributed by atoms with Gasteiger partial charge in [-0.1, -0.05) is 0 Å². The van der Waals surface area contributed by atoms with E-state index >= 15 is 0 Å². The number of urea groups is 1. The molecule has 1 aliphatic carbocycles. The van der Waals surface area contributed by atoms with E-state index < -0.39 is 18.0 Å². The molecule has 6 heteroatoms. The number of carbonyl (C=O) groups excluding carboxylic acids is 1. The van der Waals surface area contributed by atoms with Crippen LogP contribution in [-0.4, -0.2) is 42.4 Å². The molecule has 1 saturated heterocycles. The molecular formula is C12H20N2O4. The lowest BCUT2D eigenvalue weighted by molar-refractivity contribution is -0.139. The molecule has 1 heterocycles. The molecule has 0 aromatic rings. The molecule has 2 amide bonds. The van der Waals surface area contributed by atoms with Gasteiger partial charge < -0.3 is 20.5 Å². The highest BCUT2D eigenvalue weighted by Crippen LogP contribution is 2.32. The first-order chi connectivity index (χ1) is 8.58. The zero-order valence-electron chi connectivity index (χ0n) is 10.5. The van der Waals surface area contributed by atoms with Crippen molar-refractivity contribution in [1.82, 2.24) is 10.6 Å². The summed E-state index contributed by atoms with van der Waals surface area (Å²) in [6.07, 6.45) is 2.85. The van der Waals surface area contributed by atoms with Gasteiger partial charge in [-0.05, 0) is 32.1 Å². The Hall–Kier alpha value is -1.30. The third kappa shape index (κ3) is 3.35. The minimum Gasteiger partial charge on any atom is -0.480 e. The first-order valence-corrected chi connectivity index (χ1v) is 6.46. The van der Waals surface area contributed by atoms with Crippen molar-refractivity contribution in [3.63, 3.8) is 0 Å². The van der Waals surface area contributed by atoms with Crippen LogP contribution in [-0.2, 0) is 9.53 Å². The Bertz CT molecular complexity index is 330. The fourth-order valence-electron chi connectivity index (χ4n) is 2.27. The Morgan fingerprint density at radius 2 is 2.11 bits per heavy atom. The highest BCUT2D eigenvalue weighted by atomic mass is 16.5. The van der Waals surface area contributed by atoms with Gasteiger partial charge in [0.05, 0.1) is 6.10 Å². The monoisotopic (exact) mass is 256 g/mol. The van der Waals surface area contributed by atoms with E-state index in [1.807, 2.05) is 6.92 Å². The predicted molar refractivity (Wildman–Crippen MR) is 64.2 cm³/mol. The standard InChI is InChI=1S/C12H20N2O4/c1-7-9(4-5-18-7)6-13-12(17)14-10(11(15)16)8-2-3-8/h7-10H,2-6H2,1H3,(H,15,16)(H2,13,14,17). The first kappa shape index (κ1) is 13.1. The average Bonchev–Trinajstić information content (AvgIpc) is 3.07. The van der Waals surface area contributed by atoms with Crippen LogP contribution >= 0.6 is 0 Å². The highest BCUT2D eigenvalue weighted by molar-refractivity contribution is 5.83. The summed E-state index contributed by atoms with van der Waals surface area (Å²) in [5.74, 6) is -0.535. The van der Waals surface area contributed by atoms with Gasteiger partial charge in [0.1, 0.15) is 6.04 Å². The van der Waals surface area contributed by atoms with Crippen molar-refractivity contribution in [2.75, 3.05) is 13.2 Å². The Kier molecular flexibility index (Phi) is 4.06. The number of hydrogen-bond donors (Lipinski definition) is 3. The zero-order valence-corrected chi connectivity index (χ0v) is 10.5. The molecule has 0 aromatic carbocycles. The van der Waals surface area contributed by atoms with Gasteiger partial charge in [0.25, 0.3) is 0 Å². The zero-order chi connectivity index (χ0) is 13.1. The van der Waals surface area contributed by atoms with Crippen LogP contribution in [0.25, 0.3) is 0 Å². The van der Waals surface area contributed by atoms with Crippen LogP contribution in [0, 0.1) is 11.8 Å². The Labute approximate surface area is 106 Å². The van der Waals surface area contributed by atoms with Gasteiger partial charge in [-0.25, -0.2) is 9.59 Å². The SMILES string of the molecule is CC1OCCC1CNC(=O)NC(C(=O)O)C1CC1. The lowest BCUT2D eigenvalue weighted by Crippen LogP contribution is -2.48. The molecule has 1 aliphatic heterocycles. The van der Waals surface area contributed by atoms with Gasteiger partial charge in [0, 0.05) is 19.1 Å². The molecule has 0 spiro atoms. The maximum Gasteiger partial charge on any atom is 0.326 e. The van der Waals surface area contributed by atoms with Crippen LogP contribution in [0.1, 0.15) is 26.2 Å². The Morgan fingerprint density at radius 1 is 1.39 bits per heavy atom. The van der Waals surface area contributed by atoms with Gasteiger partial charge in [0.2, 0.25) is 0 Å². The van der Waals surface area contributed by atoms with Crippen LogP contribution in [0.2, 0.25) is 0 Å². The van der Waals surface area contributed by atoms with Gasteiger partial charge in [-0.2, -0.15) is 0 Å². The van der Waals surface area contributed by atoms with Crippen molar-refractivity contribution in [1.29, 1.82) is 0 Å². The van der Waals surface area contributed by atoms with E-state index in [2.05, 4.69) is 10.6 Å². The Morgan fingerprint density at radius 3 is 2.61 bits per heavy atom. The van der Waals surface area contributed by atoms with Gasteiger partial charge in [0.15, 0.2) is 0 Å². The number of aliphatic carboxylic acids is 1. The molecule has 102 valence electrons. The van der Waals surface area contributed by atoms with Crippen molar-refractivity contribution in [3.05, 3.63) is 0 Å². The van der Waals surface area contributed by atoms with Gasteiger partial charge in [-0.15, -0.1) is 0 Å². The number of ether oxygens (including phenoxy) is 1. The molecular weight excluding hydrogens is 236 g/mol. The minimum atomic E-state index is -0.954. The topological polar surface area (TPSA) is 87.7 Å². The van der Waals surface area contributed by atoms with Crippen molar-refractivity contribution in [2.24, 2.45) is 11.8 Å². The lowest BCUT2D eigenvalue weighted by Gasteiger charge is -2.17. The molecule has 3 atom stereocenters.